The van der Waals surface area contributed by atoms with Crippen LogP contribution in [0.1, 0.15) is 12.5 Å². The molecule has 1 heterocycles. The average Bonchev–Trinajstić information content (AvgIpc) is 2.84. The molecule has 1 unspecified atom stereocenters. The van der Waals surface area contributed by atoms with Gasteiger partial charge in [0.2, 0.25) is 5.50 Å². The van der Waals surface area contributed by atoms with Crippen LogP contribution < -0.4 is 14.8 Å². The van der Waals surface area contributed by atoms with Gasteiger partial charge in [0.25, 0.3) is 11.8 Å². The van der Waals surface area contributed by atoms with Gasteiger partial charge >= 0.3 is 5.97 Å². The Morgan fingerprint density at radius 2 is 1.76 bits per heavy atom. The first-order valence-corrected chi connectivity index (χ1v) is 11.5. The second-order valence-corrected chi connectivity index (χ2v) is 8.89. The summed E-state index contributed by atoms with van der Waals surface area (Å²) in [6, 6.07) is 14.6. The number of likely N-dealkylation sites (tertiary alicyclic amines) is 1. The monoisotopic (exact) mass is 506 g/mol. The maximum Gasteiger partial charge on any atom is 0.345 e. The Bertz CT molecular complexity index is 1040. The summed E-state index contributed by atoms with van der Waals surface area (Å²) in [6.45, 7) is 0.934. The third-order valence-electron chi connectivity index (χ3n) is 4.78. The number of carbonyl (C=O) groups is 4. The van der Waals surface area contributed by atoms with E-state index in [2.05, 4.69) is 5.32 Å². The summed E-state index contributed by atoms with van der Waals surface area (Å²) < 4.78 is 15.7. The molecule has 0 spiro atoms. The van der Waals surface area contributed by atoms with Crippen LogP contribution in [-0.4, -0.2) is 58.4 Å². The van der Waals surface area contributed by atoms with Gasteiger partial charge in [-0.1, -0.05) is 53.7 Å². The minimum absolute atomic E-state index is 0.0599. The van der Waals surface area contributed by atoms with E-state index in [-0.39, 0.29) is 18.3 Å². The van der Waals surface area contributed by atoms with Gasteiger partial charge in [0.1, 0.15) is 29.5 Å². The molecule has 2 amide bonds. The largest absolute Gasteiger partial charge is 0.497 e. The van der Waals surface area contributed by atoms with Crippen molar-refractivity contribution in [2.24, 2.45) is 0 Å². The maximum atomic E-state index is 12.7. The highest BCUT2D eigenvalue weighted by molar-refractivity contribution is 8.14. The van der Waals surface area contributed by atoms with E-state index < -0.39 is 34.7 Å². The lowest BCUT2D eigenvalue weighted by Crippen LogP contribution is -2.72. The van der Waals surface area contributed by atoms with Crippen LogP contribution in [0.25, 0.3) is 0 Å². The average molecular weight is 507 g/mol. The quantitative estimate of drug-likeness (QED) is 0.226. The van der Waals surface area contributed by atoms with Crippen LogP contribution >= 0.6 is 23.4 Å². The third-order valence-corrected chi connectivity index (χ3v) is 6.24. The Labute approximate surface area is 205 Å². The van der Waals surface area contributed by atoms with Crippen LogP contribution in [0.15, 0.2) is 54.6 Å². The molecule has 1 fully saturated rings. The topological polar surface area (TPSA) is 111 Å². The SMILES string of the molecule is COc1ccc(COC(=O)C(Cl)N2C(=O)[C@@H](NC(=O)COc3ccccc3)[C@H]2SC(C)=O)cc1. The summed E-state index contributed by atoms with van der Waals surface area (Å²) >= 11 is 7.00. The second kappa shape index (κ2) is 11.8. The Kier molecular flexibility index (Phi) is 8.78. The van der Waals surface area contributed by atoms with Crippen LogP contribution in [-0.2, 0) is 30.5 Å². The molecular formula is C23H23ClN2O7S. The first kappa shape index (κ1) is 25.4. The van der Waals surface area contributed by atoms with Crippen molar-refractivity contribution < 1.29 is 33.4 Å². The zero-order chi connectivity index (χ0) is 24.7. The summed E-state index contributed by atoms with van der Waals surface area (Å²) in [4.78, 5) is 50.2. The maximum absolute atomic E-state index is 12.7. The van der Waals surface area contributed by atoms with Gasteiger partial charge in [0, 0.05) is 6.92 Å². The number of nitrogens with zero attached hydrogens (tertiary/aromatic N) is 1. The van der Waals surface area contributed by atoms with Gasteiger partial charge in [-0.25, -0.2) is 4.79 Å². The van der Waals surface area contributed by atoms with E-state index >= 15 is 0 Å². The molecule has 0 radical (unpaired) electrons. The summed E-state index contributed by atoms with van der Waals surface area (Å²) in [5.74, 6) is -0.855. The molecule has 1 N–H and O–H groups in total. The van der Waals surface area contributed by atoms with Crippen molar-refractivity contribution in [3.05, 3.63) is 60.2 Å². The Morgan fingerprint density at radius 1 is 1.09 bits per heavy atom. The van der Waals surface area contributed by atoms with Crippen LogP contribution in [0.2, 0.25) is 0 Å². The number of ether oxygens (including phenoxy) is 3. The van der Waals surface area contributed by atoms with Gasteiger partial charge in [0.05, 0.1) is 7.11 Å². The van der Waals surface area contributed by atoms with E-state index in [1.165, 1.54) is 6.92 Å². The van der Waals surface area contributed by atoms with E-state index in [9.17, 15) is 19.2 Å². The Balaban J connectivity index is 1.56. The van der Waals surface area contributed by atoms with Gasteiger partial charge < -0.3 is 19.5 Å². The lowest BCUT2D eigenvalue weighted by Gasteiger charge is -2.47. The molecule has 0 bridgehead atoms. The van der Waals surface area contributed by atoms with Crippen molar-refractivity contribution in [2.45, 2.75) is 30.4 Å². The van der Waals surface area contributed by atoms with E-state index in [1.54, 1.807) is 55.6 Å². The molecule has 34 heavy (non-hydrogen) atoms. The summed E-state index contributed by atoms with van der Waals surface area (Å²) in [6.07, 6.45) is 0. The lowest BCUT2D eigenvalue weighted by molar-refractivity contribution is -0.161. The van der Waals surface area contributed by atoms with Gasteiger partial charge in [-0.15, -0.1) is 0 Å². The number of esters is 1. The van der Waals surface area contributed by atoms with Gasteiger partial charge in [-0.05, 0) is 29.8 Å². The van der Waals surface area contributed by atoms with Crippen LogP contribution in [0.3, 0.4) is 0 Å². The molecule has 0 saturated carbocycles. The van der Waals surface area contributed by atoms with Crippen molar-refractivity contribution in [3.8, 4) is 11.5 Å². The minimum Gasteiger partial charge on any atom is -0.497 e. The first-order valence-electron chi connectivity index (χ1n) is 10.2. The number of β-lactam (4-membered cyclic amide) rings is 1. The van der Waals surface area contributed by atoms with Crippen molar-refractivity contribution in [3.63, 3.8) is 0 Å². The normalized spacial score (nSPS) is 17.9. The number of alkyl halides is 1. The van der Waals surface area contributed by atoms with Crippen molar-refractivity contribution in [1.82, 2.24) is 10.2 Å². The van der Waals surface area contributed by atoms with Crippen molar-refractivity contribution in [1.29, 1.82) is 0 Å². The van der Waals surface area contributed by atoms with Crippen molar-refractivity contribution >= 4 is 46.3 Å². The molecule has 3 rings (SSSR count). The molecule has 11 heteroatoms. The lowest BCUT2D eigenvalue weighted by atomic mass is 10.1. The van der Waals surface area contributed by atoms with E-state index in [0.717, 1.165) is 16.7 Å². The molecule has 1 saturated heterocycles. The summed E-state index contributed by atoms with van der Waals surface area (Å²) in [5, 5.41) is 1.37. The number of hydrogen-bond acceptors (Lipinski definition) is 8. The number of halogens is 1. The van der Waals surface area contributed by atoms with Crippen LogP contribution in [0.5, 0.6) is 11.5 Å². The number of thioether (sulfide) groups is 1. The van der Waals surface area contributed by atoms with Gasteiger partial charge in [-0.2, -0.15) is 0 Å². The van der Waals surface area contributed by atoms with E-state index in [1.807, 2.05) is 6.07 Å². The number of hydrogen-bond donors (Lipinski definition) is 1. The number of amides is 2. The number of benzene rings is 2. The predicted molar refractivity (Wildman–Crippen MR) is 125 cm³/mol. The Morgan fingerprint density at radius 3 is 2.38 bits per heavy atom. The Hall–Kier alpha value is -3.24. The molecule has 1 aliphatic rings. The number of nitrogens with one attached hydrogen (secondary N) is 1. The highest BCUT2D eigenvalue weighted by Crippen LogP contribution is 2.34. The smallest absolute Gasteiger partial charge is 0.345 e. The molecule has 1 aliphatic heterocycles. The molecule has 180 valence electrons. The second-order valence-electron chi connectivity index (χ2n) is 7.18. The minimum atomic E-state index is -1.46. The number of carbonyl (C=O) groups excluding carboxylic acids is 4. The number of rotatable bonds is 10. The highest BCUT2D eigenvalue weighted by atomic mass is 35.5. The molecule has 3 atom stereocenters. The first-order chi connectivity index (χ1) is 16.3. The van der Waals surface area contributed by atoms with Gasteiger partial charge in [0.15, 0.2) is 11.7 Å². The summed E-state index contributed by atoms with van der Waals surface area (Å²) in [7, 11) is 1.54. The van der Waals surface area contributed by atoms with Crippen molar-refractivity contribution in [2.75, 3.05) is 13.7 Å². The summed E-state index contributed by atoms with van der Waals surface area (Å²) in [5.41, 5.74) is -0.762. The molecule has 2 aromatic carbocycles. The van der Waals surface area contributed by atoms with Crippen LogP contribution in [0.4, 0.5) is 0 Å². The van der Waals surface area contributed by atoms with Gasteiger partial charge in [-0.3, -0.25) is 19.3 Å². The molecule has 0 aliphatic carbocycles. The highest BCUT2D eigenvalue weighted by Gasteiger charge is 2.54. The van der Waals surface area contributed by atoms with E-state index in [4.69, 9.17) is 25.8 Å². The predicted octanol–water partition coefficient (Wildman–Crippen LogP) is 2.32. The number of para-hydroxylation sites is 1. The van der Waals surface area contributed by atoms with Crippen LogP contribution in [0, 0.1) is 0 Å². The zero-order valence-corrected chi connectivity index (χ0v) is 20.0. The number of methoxy groups -OCH3 is 1. The van der Waals surface area contributed by atoms with E-state index in [0.29, 0.717) is 17.1 Å². The zero-order valence-electron chi connectivity index (χ0n) is 18.4. The molecule has 2 aromatic rings. The molecule has 9 nitrogen and oxygen atoms in total. The fourth-order valence-corrected chi connectivity index (χ4v) is 4.44. The fraction of sp³-hybridized carbons (Fsp3) is 0.304. The standard InChI is InChI=1S/C23H23ClN2O7S/c1-14(27)34-22-19(25-18(28)13-32-17-6-4-3-5-7-17)21(29)26(22)20(24)23(30)33-12-15-8-10-16(31-2)11-9-15/h3-11,19-20,22H,12-13H2,1-2H3,(H,25,28)/t19-,20?,22-/m1/s1. The fourth-order valence-electron chi connectivity index (χ4n) is 3.09. The third kappa shape index (κ3) is 6.42. The molecular weight excluding hydrogens is 484 g/mol. The molecule has 0 aromatic heterocycles.